The molecule has 1 aliphatic heterocycles. The van der Waals surface area contributed by atoms with Crippen molar-refractivity contribution in [1.29, 1.82) is 0 Å². The molecule has 1 heterocycles. The van der Waals surface area contributed by atoms with Crippen molar-refractivity contribution < 1.29 is 9.59 Å². The lowest BCUT2D eigenvalue weighted by Crippen LogP contribution is -2.50. The molecular formula is C22H27N3O2. The molecule has 0 aliphatic carbocycles. The van der Waals surface area contributed by atoms with Gasteiger partial charge in [0.05, 0.1) is 0 Å². The molecule has 1 aliphatic rings. The van der Waals surface area contributed by atoms with E-state index >= 15 is 0 Å². The number of carbonyl (C=O) groups excluding carboxylic acids is 2. The fraction of sp³-hybridized carbons (Fsp3) is 0.364. The predicted octanol–water partition coefficient (Wildman–Crippen LogP) is 4.37. The van der Waals surface area contributed by atoms with Gasteiger partial charge in [-0.25, -0.2) is 4.79 Å². The summed E-state index contributed by atoms with van der Waals surface area (Å²) in [7, 11) is 0. The third-order valence-corrected chi connectivity index (χ3v) is 4.99. The Hall–Kier alpha value is -2.82. The van der Waals surface area contributed by atoms with Crippen LogP contribution in [0.5, 0.6) is 0 Å². The highest BCUT2D eigenvalue weighted by Gasteiger charge is 2.23. The van der Waals surface area contributed by atoms with Crippen LogP contribution in [0.15, 0.2) is 48.5 Å². The molecule has 0 unspecified atom stereocenters. The number of nitrogens with zero attached hydrogens (tertiary/aromatic N) is 2. The maximum Gasteiger partial charge on any atom is 0.321 e. The van der Waals surface area contributed by atoms with Crippen molar-refractivity contribution >= 4 is 23.2 Å². The van der Waals surface area contributed by atoms with Crippen molar-refractivity contribution in [3.8, 4) is 0 Å². The van der Waals surface area contributed by atoms with Crippen molar-refractivity contribution in [2.75, 3.05) is 36.4 Å². The fourth-order valence-corrected chi connectivity index (χ4v) is 3.43. The molecule has 2 aromatic carbocycles. The second kappa shape index (κ2) is 8.25. The molecule has 27 heavy (non-hydrogen) atoms. The van der Waals surface area contributed by atoms with Crippen molar-refractivity contribution in [2.45, 2.75) is 26.7 Å². The van der Waals surface area contributed by atoms with Crippen molar-refractivity contribution in [3.05, 3.63) is 59.7 Å². The Kier molecular flexibility index (Phi) is 5.79. The van der Waals surface area contributed by atoms with Crippen LogP contribution in [0.25, 0.3) is 0 Å². The van der Waals surface area contributed by atoms with Gasteiger partial charge in [-0.15, -0.1) is 0 Å². The molecule has 0 spiro atoms. The van der Waals surface area contributed by atoms with Gasteiger partial charge in [-0.05, 0) is 36.6 Å². The summed E-state index contributed by atoms with van der Waals surface area (Å²) in [5.41, 5.74) is 3.86. The fourth-order valence-electron chi connectivity index (χ4n) is 3.43. The quantitative estimate of drug-likeness (QED) is 0.819. The highest BCUT2D eigenvalue weighted by molar-refractivity contribution is 5.96. The maximum absolute atomic E-state index is 12.6. The lowest BCUT2D eigenvalue weighted by Gasteiger charge is -2.37. The number of anilines is 2. The lowest BCUT2D eigenvalue weighted by atomic mass is 10.00. The molecule has 5 nitrogen and oxygen atoms in total. The molecular weight excluding hydrogens is 338 g/mol. The molecule has 1 saturated heterocycles. The van der Waals surface area contributed by atoms with Crippen molar-refractivity contribution in [1.82, 2.24) is 4.90 Å². The van der Waals surface area contributed by atoms with E-state index in [1.165, 1.54) is 18.2 Å². The van der Waals surface area contributed by atoms with Crippen LogP contribution in [0, 0.1) is 0 Å². The summed E-state index contributed by atoms with van der Waals surface area (Å²) >= 11 is 0. The third kappa shape index (κ3) is 4.48. The number of urea groups is 1. The number of hydrogen-bond acceptors (Lipinski definition) is 3. The number of ketones is 1. The molecule has 1 N–H and O–H groups in total. The first-order chi connectivity index (χ1) is 13.0. The van der Waals surface area contributed by atoms with Crippen LogP contribution in [0.2, 0.25) is 0 Å². The summed E-state index contributed by atoms with van der Waals surface area (Å²) in [5, 5.41) is 2.91. The van der Waals surface area contributed by atoms with Crippen LogP contribution in [0.1, 0.15) is 42.6 Å². The van der Waals surface area contributed by atoms with Gasteiger partial charge in [0.25, 0.3) is 0 Å². The van der Waals surface area contributed by atoms with Gasteiger partial charge in [-0.2, -0.15) is 0 Å². The SMILES string of the molecule is CC(=O)c1cccc(NC(=O)N2CCN(c3ccccc3C(C)C)CC2)c1. The molecule has 0 radical (unpaired) electrons. The number of carbonyl (C=O) groups is 2. The Morgan fingerprint density at radius 2 is 1.67 bits per heavy atom. The maximum atomic E-state index is 12.6. The Morgan fingerprint density at radius 3 is 2.33 bits per heavy atom. The third-order valence-electron chi connectivity index (χ3n) is 4.99. The highest BCUT2D eigenvalue weighted by Crippen LogP contribution is 2.28. The lowest BCUT2D eigenvalue weighted by molar-refractivity contribution is 0.101. The topological polar surface area (TPSA) is 52.7 Å². The van der Waals surface area contributed by atoms with Crippen LogP contribution >= 0.6 is 0 Å². The molecule has 2 amide bonds. The zero-order valence-corrected chi connectivity index (χ0v) is 16.2. The smallest absolute Gasteiger partial charge is 0.321 e. The summed E-state index contributed by atoms with van der Waals surface area (Å²) < 4.78 is 0. The van der Waals surface area contributed by atoms with Gasteiger partial charge >= 0.3 is 6.03 Å². The molecule has 142 valence electrons. The summed E-state index contributed by atoms with van der Waals surface area (Å²) in [6, 6.07) is 15.4. The average molecular weight is 365 g/mol. The molecule has 3 rings (SSSR count). The number of Topliss-reactive ketones (excluding diaryl/α,β-unsaturated/α-hetero) is 1. The van der Waals surface area contributed by atoms with E-state index < -0.39 is 0 Å². The number of nitrogens with one attached hydrogen (secondary N) is 1. The number of benzene rings is 2. The number of piperazine rings is 1. The Balaban J connectivity index is 1.62. The standard InChI is InChI=1S/C22H27N3O2/c1-16(2)20-9-4-5-10-21(20)24-11-13-25(14-12-24)22(27)23-19-8-6-7-18(15-19)17(3)26/h4-10,15-16H,11-14H2,1-3H3,(H,23,27). The van der Waals surface area contributed by atoms with E-state index in [0.29, 0.717) is 30.3 Å². The van der Waals surface area contributed by atoms with Gasteiger partial charge in [0.15, 0.2) is 5.78 Å². The largest absolute Gasteiger partial charge is 0.368 e. The van der Waals surface area contributed by atoms with Crippen LogP contribution in [-0.4, -0.2) is 42.9 Å². The second-order valence-electron chi connectivity index (χ2n) is 7.25. The number of para-hydroxylation sites is 1. The molecule has 2 aromatic rings. The zero-order valence-electron chi connectivity index (χ0n) is 16.2. The van der Waals surface area contributed by atoms with E-state index in [0.717, 1.165) is 13.1 Å². The summed E-state index contributed by atoms with van der Waals surface area (Å²) in [4.78, 5) is 28.3. The highest BCUT2D eigenvalue weighted by atomic mass is 16.2. The van der Waals surface area contributed by atoms with Gasteiger partial charge in [0.2, 0.25) is 0 Å². The second-order valence-corrected chi connectivity index (χ2v) is 7.25. The zero-order chi connectivity index (χ0) is 19.4. The number of rotatable bonds is 4. The van der Waals surface area contributed by atoms with Crippen LogP contribution in [-0.2, 0) is 0 Å². The Morgan fingerprint density at radius 1 is 0.963 bits per heavy atom. The first-order valence-corrected chi connectivity index (χ1v) is 9.46. The molecule has 5 heteroatoms. The first kappa shape index (κ1) is 19.0. The molecule has 0 saturated carbocycles. The summed E-state index contributed by atoms with van der Waals surface area (Å²) in [6.45, 7) is 8.90. The Bertz CT molecular complexity index is 824. The van der Waals surface area contributed by atoms with Crippen molar-refractivity contribution in [3.63, 3.8) is 0 Å². The normalized spacial score (nSPS) is 14.4. The molecule has 0 atom stereocenters. The van der Waals surface area contributed by atoms with E-state index in [-0.39, 0.29) is 11.8 Å². The van der Waals surface area contributed by atoms with E-state index in [9.17, 15) is 9.59 Å². The number of hydrogen-bond donors (Lipinski definition) is 1. The number of amides is 2. The first-order valence-electron chi connectivity index (χ1n) is 9.46. The van der Waals surface area contributed by atoms with Gasteiger partial charge in [0.1, 0.15) is 0 Å². The monoisotopic (exact) mass is 365 g/mol. The van der Waals surface area contributed by atoms with E-state index in [2.05, 4.69) is 48.3 Å². The van der Waals surface area contributed by atoms with Gasteiger partial charge in [-0.1, -0.05) is 44.2 Å². The summed E-state index contributed by atoms with van der Waals surface area (Å²) in [6.07, 6.45) is 0. The van der Waals surface area contributed by atoms with Crippen LogP contribution in [0.4, 0.5) is 16.2 Å². The minimum absolute atomic E-state index is 0.0106. The van der Waals surface area contributed by atoms with Gasteiger partial charge in [0, 0.05) is 43.1 Å². The minimum Gasteiger partial charge on any atom is -0.368 e. The van der Waals surface area contributed by atoms with E-state index in [4.69, 9.17) is 0 Å². The van der Waals surface area contributed by atoms with Gasteiger partial charge in [-0.3, -0.25) is 4.79 Å². The average Bonchev–Trinajstić information content (AvgIpc) is 2.68. The van der Waals surface area contributed by atoms with Gasteiger partial charge < -0.3 is 15.1 Å². The van der Waals surface area contributed by atoms with Crippen LogP contribution < -0.4 is 10.2 Å². The Labute approximate surface area is 161 Å². The van der Waals surface area contributed by atoms with E-state index in [1.807, 2.05) is 4.90 Å². The van der Waals surface area contributed by atoms with E-state index in [1.54, 1.807) is 24.3 Å². The minimum atomic E-state index is -0.118. The summed E-state index contributed by atoms with van der Waals surface area (Å²) in [5.74, 6) is 0.458. The van der Waals surface area contributed by atoms with Crippen molar-refractivity contribution in [2.24, 2.45) is 0 Å². The van der Waals surface area contributed by atoms with Crippen LogP contribution in [0.3, 0.4) is 0 Å². The molecule has 1 fully saturated rings. The molecule has 0 bridgehead atoms. The molecule has 0 aromatic heterocycles. The predicted molar refractivity (Wildman–Crippen MR) is 110 cm³/mol.